The maximum Gasteiger partial charge on any atom is 0.252 e. The quantitative estimate of drug-likeness (QED) is 0.816. The minimum Gasteiger partial charge on any atom is -0.376 e. The monoisotopic (exact) mass is 248 g/mol. The zero-order chi connectivity index (χ0) is 12.0. The van der Waals surface area contributed by atoms with Crippen LogP contribution in [-0.2, 0) is 9.54 Å². The molecule has 0 saturated heterocycles. The molecule has 1 unspecified atom stereocenters. The van der Waals surface area contributed by atoms with Crippen LogP contribution in [0.5, 0.6) is 0 Å². The van der Waals surface area contributed by atoms with E-state index in [9.17, 15) is 9.90 Å². The summed E-state index contributed by atoms with van der Waals surface area (Å²) in [6.07, 6.45) is 0. The number of benzene rings is 1. The van der Waals surface area contributed by atoms with Gasteiger partial charge in [0.15, 0.2) is 0 Å². The number of aliphatic imine (C=N–C) groups is 1. The molecule has 88 valence electrons. The van der Waals surface area contributed by atoms with Gasteiger partial charge in [0.25, 0.3) is 5.91 Å². The Bertz CT molecular complexity index is 529. The molecule has 4 nitrogen and oxygen atoms in total. The van der Waals surface area contributed by atoms with Gasteiger partial charge in [-0.05, 0) is 13.0 Å². The predicted octanol–water partition coefficient (Wildman–Crippen LogP) is 1.34. The highest BCUT2D eigenvalue weighted by molar-refractivity contribution is 8.15. The van der Waals surface area contributed by atoms with Gasteiger partial charge >= 0.3 is 0 Å². The standard InChI is InChI=1S/C12H12N2O2S/c1-8-13-6-12(17-8)9-4-2-3-5-10(9)14(7-15)11(12)16/h2-5,15H,6-7H2,1H3. The highest BCUT2D eigenvalue weighted by atomic mass is 32.2. The van der Waals surface area contributed by atoms with Crippen molar-refractivity contribution >= 4 is 28.4 Å². The molecule has 2 heterocycles. The Kier molecular flexibility index (Phi) is 2.27. The summed E-state index contributed by atoms with van der Waals surface area (Å²) in [5.74, 6) is -0.0631. The van der Waals surface area contributed by atoms with Crippen molar-refractivity contribution in [3.8, 4) is 0 Å². The normalized spacial score (nSPS) is 26.6. The molecule has 2 aliphatic rings. The number of thioether (sulfide) groups is 1. The molecular formula is C12H12N2O2S. The van der Waals surface area contributed by atoms with Crippen LogP contribution in [0.1, 0.15) is 12.5 Å². The molecule has 1 atom stereocenters. The number of para-hydroxylation sites is 1. The van der Waals surface area contributed by atoms with Gasteiger partial charge in [-0.25, -0.2) is 0 Å². The minimum absolute atomic E-state index is 0.0631. The summed E-state index contributed by atoms with van der Waals surface area (Å²) in [6, 6.07) is 7.61. The van der Waals surface area contributed by atoms with Gasteiger partial charge in [0, 0.05) is 5.56 Å². The maximum absolute atomic E-state index is 12.4. The number of aliphatic hydroxyl groups is 1. The molecule has 1 spiro atoms. The van der Waals surface area contributed by atoms with Crippen molar-refractivity contribution in [2.75, 3.05) is 18.2 Å². The topological polar surface area (TPSA) is 52.9 Å². The van der Waals surface area contributed by atoms with Crippen LogP contribution in [0, 0.1) is 0 Å². The van der Waals surface area contributed by atoms with Gasteiger partial charge in [-0.3, -0.25) is 14.7 Å². The van der Waals surface area contributed by atoms with Gasteiger partial charge in [-0.2, -0.15) is 0 Å². The molecule has 17 heavy (non-hydrogen) atoms. The van der Waals surface area contributed by atoms with Gasteiger partial charge in [-0.1, -0.05) is 30.0 Å². The fraction of sp³-hybridized carbons (Fsp3) is 0.333. The second-order valence-electron chi connectivity index (χ2n) is 4.16. The lowest BCUT2D eigenvalue weighted by molar-refractivity contribution is -0.120. The maximum atomic E-state index is 12.4. The smallest absolute Gasteiger partial charge is 0.252 e. The Morgan fingerprint density at radius 3 is 2.94 bits per heavy atom. The summed E-state index contributed by atoms with van der Waals surface area (Å²) in [4.78, 5) is 18.2. The van der Waals surface area contributed by atoms with Gasteiger partial charge in [0.05, 0.1) is 17.3 Å². The van der Waals surface area contributed by atoms with Crippen molar-refractivity contribution in [3.63, 3.8) is 0 Å². The van der Waals surface area contributed by atoms with E-state index < -0.39 is 4.75 Å². The van der Waals surface area contributed by atoms with Crippen LogP contribution in [0.3, 0.4) is 0 Å². The lowest BCUT2D eigenvalue weighted by Gasteiger charge is -2.20. The fourth-order valence-electron chi connectivity index (χ4n) is 2.42. The van der Waals surface area contributed by atoms with E-state index in [1.165, 1.54) is 16.7 Å². The number of carbonyl (C=O) groups is 1. The third-order valence-electron chi connectivity index (χ3n) is 3.21. The molecule has 0 aromatic heterocycles. The molecule has 0 fully saturated rings. The molecular weight excluding hydrogens is 236 g/mol. The van der Waals surface area contributed by atoms with Crippen LogP contribution >= 0.6 is 11.8 Å². The molecule has 1 aromatic rings. The number of nitrogens with zero attached hydrogens (tertiary/aromatic N) is 2. The van der Waals surface area contributed by atoms with E-state index in [-0.39, 0.29) is 12.6 Å². The van der Waals surface area contributed by atoms with E-state index in [4.69, 9.17) is 0 Å². The number of hydrogen-bond acceptors (Lipinski definition) is 4. The highest BCUT2D eigenvalue weighted by Gasteiger charge is 2.53. The Balaban J connectivity index is 2.16. The number of amides is 1. The van der Waals surface area contributed by atoms with Gasteiger partial charge in [-0.15, -0.1) is 0 Å². The highest BCUT2D eigenvalue weighted by Crippen LogP contribution is 2.51. The molecule has 0 saturated carbocycles. The van der Waals surface area contributed by atoms with E-state index in [0.29, 0.717) is 6.54 Å². The summed E-state index contributed by atoms with van der Waals surface area (Å²) in [5.41, 5.74) is 1.77. The zero-order valence-corrected chi connectivity index (χ0v) is 10.2. The van der Waals surface area contributed by atoms with Crippen LogP contribution in [0.2, 0.25) is 0 Å². The van der Waals surface area contributed by atoms with Gasteiger partial charge in [0.2, 0.25) is 0 Å². The third-order valence-corrected chi connectivity index (χ3v) is 4.50. The average Bonchev–Trinajstić information content (AvgIpc) is 2.83. The van der Waals surface area contributed by atoms with E-state index in [0.717, 1.165) is 16.3 Å². The first-order valence-electron chi connectivity index (χ1n) is 5.41. The van der Waals surface area contributed by atoms with E-state index >= 15 is 0 Å². The number of anilines is 1. The first-order valence-corrected chi connectivity index (χ1v) is 6.23. The first-order chi connectivity index (χ1) is 8.19. The molecule has 5 heteroatoms. The molecule has 1 amide bonds. The van der Waals surface area contributed by atoms with Crippen LogP contribution in [0.15, 0.2) is 29.3 Å². The Morgan fingerprint density at radius 1 is 1.53 bits per heavy atom. The lowest BCUT2D eigenvalue weighted by Crippen LogP contribution is -2.39. The number of fused-ring (bicyclic) bond motifs is 2. The van der Waals surface area contributed by atoms with Crippen molar-refractivity contribution in [1.29, 1.82) is 0 Å². The summed E-state index contributed by atoms with van der Waals surface area (Å²) < 4.78 is -0.636. The molecule has 0 bridgehead atoms. The molecule has 0 radical (unpaired) electrons. The van der Waals surface area contributed by atoms with Crippen LogP contribution in [-0.4, -0.2) is 29.3 Å². The predicted molar refractivity (Wildman–Crippen MR) is 68.3 cm³/mol. The van der Waals surface area contributed by atoms with E-state index in [2.05, 4.69) is 4.99 Å². The minimum atomic E-state index is -0.636. The Labute approximate surface area is 103 Å². The number of carbonyl (C=O) groups excluding carboxylic acids is 1. The van der Waals surface area contributed by atoms with E-state index in [1.807, 2.05) is 31.2 Å². The second-order valence-corrected chi connectivity index (χ2v) is 5.65. The summed E-state index contributed by atoms with van der Waals surface area (Å²) in [7, 11) is 0. The SMILES string of the molecule is CC1=NCC2(S1)C(=O)N(CO)c1ccccc12. The zero-order valence-electron chi connectivity index (χ0n) is 9.38. The average molecular weight is 248 g/mol. The van der Waals surface area contributed by atoms with Crippen LogP contribution in [0.4, 0.5) is 5.69 Å². The fourth-order valence-corrected chi connectivity index (χ4v) is 3.67. The molecule has 0 aliphatic carbocycles. The van der Waals surface area contributed by atoms with Crippen molar-refractivity contribution in [2.24, 2.45) is 4.99 Å². The molecule has 1 aromatic carbocycles. The van der Waals surface area contributed by atoms with Crippen LogP contribution < -0.4 is 4.90 Å². The third kappa shape index (κ3) is 1.29. The van der Waals surface area contributed by atoms with Crippen molar-refractivity contribution in [3.05, 3.63) is 29.8 Å². The van der Waals surface area contributed by atoms with E-state index in [1.54, 1.807) is 0 Å². The Hall–Kier alpha value is -1.33. The summed E-state index contributed by atoms with van der Waals surface area (Å²) in [5, 5.41) is 10.3. The number of rotatable bonds is 1. The molecule has 3 rings (SSSR count). The first kappa shape index (κ1) is 10.8. The van der Waals surface area contributed by atoms with Gasteiger partial charge < -0.3 is 5.11 Å². The summed E-state index contributed by atoms with van der Waals surface area (Å²) in [6.45, 7) is 2.10. The Morgan fingerprint density at radius 2 is 2.29 bits per heavy atom. The van der Waals surface area contributed by atoms with Crippen LogP contribution in [0.25, 0.3) is 0 Å². The summed E-state index contributed by atoms with van der Waals surface area (Å²) >= 11 is 1.49. The molecule has 1 N–H and O–H groups in total. The van der Waals surface area contributed by atoms with Gasteiger partial charge in [0.1, 0.15) is 11.5 Å². The number of aliphatic hydroxyl groups excluding tert-OH is 1. The largest absolute Gasteiger partial charge is 0.376 e. The van der Waals surface area contributed by atoms with Crippen molar-refractivity contribution in [1.82, 2.24) is 0 Å². The van der Waals surface area contributed by atoms with Crippen molar-refractivity contribution in [2.45, 2.75) is 11.7 Å². The lowest BCUT2D eigenvalue weighted by atomic mass is 10.00. The number of hydrogen-bond donors (Lipinski definition) is 1. The second kappa shape index (κ2) is 3.58. The molecule has 2 aliphatic heterocycles. The van der Waals surface area contributed by atoms with Crippen molar-refractivity contribution < 1.29 is 9.90 Å².